The summed E-state index contributed by atoms with van der Waals surface area (Å²) in [6.07, 6.45) is -2.04. The topological polar surface area (TPSA) is 67.6 Å². The Morgan fingerprint density at radius 2 is 2.10 bits per heavy atom. The minimum atomic E-state index is -4.42. The molecule has 3 aromatic rings. The molecule has 0 radical (unpaired) electrons. The lowest BCUT2D eigenvalue weighted by Crippen LogP contribution is -2.48. The Labute approximate surface area is 177 Å². The van der Waals surface area contributed by atoms with Crippen molar-refractivity contribution in [1.82, 2.24) is 10.3 Å². The second kappa shape index (κ2) is 8.13. The first-order valence-electron chi connectivity index (χ1n) is 9.92. The molecule has 1 aliphatic rings. The van der Waals surface area contributed by atoms with Crippen molar-refractivity contribution in [2.45, 2.75) is 32.0 Å². The Morgan fingerprint density at radius 1 is 1.29 bits per heavy atom. The van der Waals surface area contributed by atoms with Gasteiger partial charge < -0.3 is 19.4 Å². The van der Waals surface area contributed by atoms with Gasteiger partial charge in [-0.3, -0.25) is 4.79 Å². The molecule has 1 atom stereocenters. The number of nitrogens with one attached hydrogen (secondary N) is 1. The van der Waals surface area contributed by atoms with Crippen molar-refractivity contribution in [1.29, 1.82) is 0 Å². The van der Waals surface area contributed by atoms with Gasteiger partial charge in [0.25, 0.3) is 5.91 Å². The van der Waals surface area contributed by atoms with Crippen LogP contribution in [0.1, 0.15) is 34.5 Å². The standard InChI is InChI=1S/C22H22F3N3O3/c1-13-17-7-6-16(30-2)10-18(17)31-20(13)21(29)27-15-4-3-9-28(12-15)19-8-5-14(11-26-19)22(23,24)25/h5-8,10-11,15H,3-4,9,12H2,1-2H3,(H,27,29)/t15-/m1/s1. The summed E-state index contributed by atoms with van der Waals surface area (Å²) in [6.45, 7) is 2.94. The molecule has 164 valence electrons. The van der Waals surface area contributed by atoms with E-state index in [0.717, 1.165) is 36.1 Å². The molecule has 1 aliphatic heterocycles. The number of pyridine rings is 1. The van der Waals surface area contributed by atoms with Gasteiger partial charge in [0.15, 0.2) is 5.76 Å². The van der Waals surface area contributed by atoms with Crippen LogP contribution in [-0.2, 0) is 6.18 Å². The molecule has 1 aromatic carbocycles. The molecule has 0 unspecified atom stereocenters. The zero-order chi connectivity index (χ0) is 22.2. The highest BCUT2D eigenvalue weighted by atomic mass is 19.4. The van der Waals surface area contributed by atoms with Crippen LogP contribution in [0, 0.1) is 6.92 Å². The van der Waals surface area contributed by atoms with Crippen LogP contribution in [0.5, 0.6) is 5.75 Å². The number of piperidine rings is 1. The number of hydrogen-bond donors (Lipinski definition) is 1. The number of fused-ring (bicyclic) bond motifs is 1. The predicted molar refractivity (Wildman–Crippen MR) is 109 cm³/mol. The van der Waals surface area contributed by atoms with Gasteiger partial charge in [-0.1, -0.05) is 0 Å². The van der Waals surface area contributed by atoms with Gasteiger partial charge in [0.1, 0.15) is 17.2 Å². The largest absolute Gasteiger partial charge is 0.497 e. The summed E-state index contributed by atoms with van der Waals surface area (Å²) in [7, 11) is 1.56. The van der Waals surface area contributed by atoms with E-state index in [1.54, 1.807) is 13.2 Å². The molecule has 0 bridgehead atoms. The van der Waals surface area contributed by atoms with E-state index in [0.29, 0.717) is 30.2 Å². The zero-order valence-electron chi connectivity index (χ0n) is 17.1. The maximum Gasteiger partial charge on any atom is 0.417 e. The second-order valence-electron chi connectivity index (χ2n) is 7.58. The number of methoxy groups -OCH3 is 1. The summed E-state index contributed by atoms with van der Waals surface area (Å²) in [5.41, 5.74) is 0.531. The van der Waals surface area contributed by atoms with E-state index < -0.39 is 11.7 Å². The normalized spacial score (nSPS) is 17.1. The summed E-state index contributed by atoms with van der Waals surface area (Å²) in [5.74, 6) is 1.02. The molecular formula is C22H22F3N3O3. The monoisotopic (exact) mass is 433 g/mol. The number of aryl methyl sites for hydroxylation is 1. The van der Waals surface area contributed by atoms with Crippen molar-refractivity contribution in [2.24, 2.45) is 0 Å². The fraction of sp³-hybridized carbons (Fsp3) is 0.364. The predicted octanol–water partition coefficient (Wildman–Crippen LogP) is 4.56. The quantitative estimate of drug-likeness (QED) is 0.653. The van der Waals surface area contributed by atoms with E-state index in [2.05, 4.69) is 10.3 Å². The van der Waals surface area contributed by atoms with Gasteiger partial charge in [0.05, 0.1) is 12.7 Å². The van der Waals surface area contributed by atoms with Crippen molar-refractivity contribution in [3.63, 3.8) is 0 Å². The van der Waals surface area contributed by atoms with Gasteiger partial charge in [-0.15, -0.1) is 0 Å². The molecule has 9 heteroatoms. The number of benzene rings is 1. The maximum absolute atomic E-state index is 12.9. The van der Waals surface area contributed by atoms with Gasteiger partial charge in [-0.05, 0) is 44.0 Å². The minimum absolute atomic E-state index is 0.174. The third kappa shape index (κ3) is 4.30. The smallest absolute Gasteiger partial charge is 0.417 e. The minimum Gasteiger partial charge on any atom is -0.497 e. The van der Waals surface area contributed by atoms with Crippen molar-refractivity contribution in [2.75, 3.05) is 25.1 Å². The summed E-state index contributed by atoms with van der Waals surface area (Å²) in [6, 6.07) is 7.61. The average Bonchev–Trinajstić information content (AvgIpc) is 3.09. The SMILES string of the molecule is COc1ccc2c(C)c(C(=O)N[C@@H]3CCCN(c4ccc(C(F)(F)F)cn4)C3)oc2c1. The van der Waals surface area contributed by atoms with Gasteiger partial charge in [-0.25, -0.2) is 4.98 Å². The third-order valence-corrected chi connectivity index (χ3v) is 5.51. The van der Waals surface area contributed by atoms with E-state index >= 15 is 0 Å². The molecule has 1 amide bonds. The number of alkyl halides is 3. The number of aromatic nitrogens is 1. The molecule has 0 aliphatic carbocycles. The lowest BCUT2D eigenvalue weighted by Gasteiger charge is -2.34. The van der Waals surface area contributed by atoms with Crippen LogP contribution in [0.2, 0.25) is 0 Å². The number of hydrogen-bond acceptors (Lipinski definition) is 5. The first kappa shape index (κ1) is 21.0. The van der Waals surface area contributed by atoms with Crippen molar-refractivity contribution in [3.8, 4) is 5.75 Å². The lowest BCUT2D eigenvalue weighted by atomic mass is 10.0. The maximum atomic E-state index is 12.9. The highest BCUT2D eigenvalue weighted by molar-refractivity contribution is 5.99. The third-order valence-electron chi connectivity index (χ3n) is 5.51. The first-order chi connectivity index (χ1) is 14.8. The van der Waals surface area contributed by atoms with E-state index in [4.69, 9.17) is 9.15 Å². The van der Waals surface area contributed by atoms with Crippen LogP contribution in [0.4, 0.5) is 19.0 Å². The Hall–Kier alpha value is -3.23. The van der Waals surface area contributed by atoms with Gasteiger partial charge in [-0.2, -0.15) is 13.2 Å². The fourth-order valence-electron chi connectivity index (χ4n) is 3.84. The number of ether oxygens (including phenoxy) is 1. The summed E-state index contributed by atoms with van der Waals surface area (Å²) >= 11 is 0. The first-order valence-corrected chi connectivity index (χ1v) is 9.92. The Bertz CT molecular complexity index is 1090. The fourth-order valence-corrected chi connectivity index (χ4v) is 3.84. The molecular weight excluding hydrogens is 411 g/mol. The number of furan rings is 1. The number of rotatable bonds is 4. The molecule has 31 heavy (non-hydrogen) atoms. The average molecular weight is 433 g/mol. The molecule has 6 nitrogen and oxygen atoms in total. The van der Waals surface area contributed by atoms with Gasteiger partial charge in [0.2, 0.25) is 0 Å². The van der Waals surface area contributed by atoms with E-state index in [1.807, 2.05) is 24.0 Å². The summed E-state index contributed by atoms with van der Waals surface area (Å²) < 4.78 is 49.3. The van der Waals surface area contributed by atoms with Crippen LogP contribution >= 0.6 is 0 Å². The highest BCUT2D eigenvalue weighted by Gasteiger charge is 2.31. The molecule has 4 rings (SSSR count). The Morgan fingerprint density at radius 3 is 2.77 bits per heavy atom. The van der Waals surface area contributed by atoms with Crippen molar-refractivity contribution in [3.05, 3.63) is 53.4 Å². The van der Waals surface area contributed by atoms with Crippen LogP contribution < -0.4 is 15.0 Å². The van der Waals surface area contributed by atoms with E-state index in [-0.39, 0.29) is 17.7 Å². The summed E-state index contributed by atoms with van der Waals surface area (Å²) in [5, 5.41) is 3.83. The van der Waals surface area contributed by atoms with E-state index in [1.165, 1.54) is 6.07 Å². The molecule has 1 N–H and O–H groups in total. The number of amides is 1. The molecule has 0 saturated carbocycles. The zero-order valence-corrected chi connectivity index (χ0v) is 17.1. The van der Waals surface area contributed by atoms with Crippen LogP contribution in [-0.4, -0.2) is 37.1 Å². The van der Waals surface area contributed by atoms with Crippen molar-refractivity contribution >= 4 is 22.7 Å². The van der Waals surface area contributed by atoms with Crippen LogP contribution in [0.25, 0.3) is 11.0 Å². The number of carbonyl (C=O) groups excluding carboxylic acids is 1. The van der Waals surface area contributed by atoms with Crippen molar-refractivity contribution < 1.29 is 27.1 Å². The number of nitrogens with zero attached hydrogens (tertiary/aromatic N) is 2. The number of halogens is 3. The lowest BCUT2D eigenvalue weighted by molar-refractivity contribution is -0.137. The van der Waals surface area contributed by atoms with Gasteiger partial charge in [0, 0.05) is 42.3 Å². The molecule has 2 aromatic heterocycles. The molecule has 1 fully saturated rings. The van der Waals surface area contributed by atoms with E-state index in [9.17, 15) is 18.0 Å². The number of anilines is 1. The Kier molecular flexibility index (Phi) is 5.51. The summed E-state index contributed by atoms with van der Waals surface area (Å²) in [4.78, 5) is 18.7. The highest BCUT2D eigenvalue weighted by Crippen LogP contribution is 2.31. The molecule has 3 heterocycles. The Balaban J connectivity index is 1.46. The molecule has 0 spiro atoms. The van der Waals surface area contributed by atoms with Crippen LogP contribution in [0.15, 0.2) is 40.9 Å². The van der Waals surface area contributed by atoms with Gasteiger partial charge >= 0.3 is 6.18 Å². The number of carbonyl (C=O) groups is 1. The second-order valence-corrected chi connectivity index (χ2v) is 7.58. The van der Waals surface area contributed by atoms with Crippen LogP contribution in [0.3, 0.4) is 0 Å². The molecule has 1 saturated heterocycles.